The van der Waals surface area contributed by atoms with Crippen LogP contribution < -0.4 is 9.64 Å². The Morgan fingerprint density at radius 3 is 2.30 bits per heavy atom. The fraction of sp³-hybridized carbons (Fsp3) is 0.167. The van der Waals surface area contributed by atoms with Crippen molar-refractivity contribution in [2.24, 2.45) is 0 Å². The molecule has 3 rings (SSSR count). The lowest BCUT2D eigenvalue weighted by Crippen LogP contribution is -2.35. The van der Waals surface area contributed by atoms with E-state index >= 15 is 0 Å². The van der Waals surface area contributed by atoms with Crippen LogP contribution in [0.4, 0.5) is 5.69 Å². The Bertz CT molecular complexity index is 1190. The van der Waals surface area contributed by atoms with E-state index in [1.807, 2.05) is 13.8 Å². The van der Waals surface area contributed by atoms with Crippen molar-refractivity contribution in [2.75, 3.05) is 11.4 Å². The van der Waals surface area contributed by atoms with Crippen LogP contribution in [0.5, 0.6) is 17.2 Å². The molecule has 0 saturated carbocycles. The third kappa shape index (κ3) is 6.07. The Kier molecular flexibility index (Phi) is 8.05. The number of carbonyl (C=O) groups is 2. The highest BCUT2D eigenvalue weighted by Crippen LogP contribution is 2.41. The normalized spacial score (nSPS) is 10.8. The van der Waals surface area contributed by atoms with Crippen LogP contribution in [0.3, 0.4) is 0 Å². The number of ether oxygens (including phenoxy) is 1. The van der Waals surface area contributed by atoms with Gasteiger partial charge in [0, 0.05) is 21.8 Å². The molecule has 0 heterocycles. The maximum atomic E-state index is 13.1. The number of rotatable bonds is 7. The fourth-order valence-electron chi connectivity index (χ4n) is 3.17. The molecule has 33 heavy (non-hydrogen) atoms. The molecule has 3 aromatic rings. The van der Waals surface area contributed by atoms with Crippen molar-refractivity contribution < 1.29 is 24.5 Å². The highest BCUT2D eigenvalue weighted by atomic mass is 79.9. The molecule has 0 spiro atoms. The minimum Gasteiger partial charge on any atom is -0.508 e. The van der Waals surface area contributed by atoms with Gasteiger partial charge in [-0.25, -0.2) is 0 Å². The molecule has 0 fully saturated rings. The number of phenols is 1. The summed E-state index contributed by atoms with van der Waals surface area (Å²) in [5, 5.41) is 19.8. The molecule has 2 N–H and O–H groups in total. The predicted molar refractivity (Wildman–Crippen MR) is 135 cm³/mol. The maximum Gasteiger partial charge on any atom is 0.323 e. The summed E-state index contributed by atoms with van der Waals surface area (Å²) in [6, 6.07) is 14.5. The van der Waals surface area contributed by atoms with Gasteiger partial charge in [0.15, 0.2) is 5.75 Å². The van der Waals surface area contributed by atoms with E-state index in [9.17, 15) is 19.8 Å². The van der Waals surface area contributed by atoms with Gasteiger partial charge in [-0.1, -0.05) is 31.5 Å². The number of carboxylic acid groups (broad SMARTS) is 1. The van der Waals surface area contributed by atoms with Crippen molar-refractivity contribution in [3.8, 4) is 17.2 Å². The van der Waals surface area contributed by atoms with E-state index < -0.39 is 18.4 Å². The van der Waals surface area contributed by atoms with E-state index in [0.29, 0.717) is 31.2 Å². The molecule has 172 valence electrons. The largest absolute Gasteiger partial charge is 0.508 e. The molecule has 3 aromatic carbocycles. The van der Waals surface area contributed by atoms with Crippen molar-refractivity contribution in [3.05, 3.63) is 79.7 Å². The first kappa shape index (κ1) is 25.1. The van der Waals surface area contributed by atoms with Gasteiger partial charge in [-0.2, -0.15) is 0 Å². The van der Waals surface area contributed by atoms with Crippen LogP contribution in [0.25, 0.3) is 0 Å². The standard InChI is InChI=1S/C24H20Br2ClNO5/c1-13(2)18-11-17(6-7-21(18)29)33-23-19(25)9-16(10-20(23)26)28(12-22(30)31)24(32)14-4-3-5-15(27)8-14/h3-11,13,29H,12H2,1-2H3,(H,30,31). The molecule has 9 heteroatoms. The molecular formula is C24H20Br2ClNO5. The van der Waals surface area contributed by atoms with Gasteiger partial charge in [-0.15, -0.1) is 0 Å². The van der Waals surface area contributed by atoms with Gasteiger partial charge in [0.25, 0.3) is 5.91 Å². The summed E-state index contributed by atoms with van der Waals surface area (Å²) < 4.78 is 7.02. The molecule has 0 aromatic heterocycles. The highest BCUT2D eigenvalue weighted by molar-refractivity contribution is 9.11. The van der Waals surface area contributed by atoms with Crippen LogP contribution >= 0.6 is 43.5 Å². The molecular weight excluding hydrogens is 578 g/mol. The minimum absolute atomic E-state index is 0.102. The topological polar surface area (TPSA) is 87.1 Å². The lowest BCUT2D eigenvalue weighted by atomic mass is 10.0. The SMILES string of the molecule is CC(C)c1cc(Oc2c(Br)cc(N(CC(=O)O)C(=O)c3cccc(Cl)c3)cc2Br)ccc1O. The summed E-state index contributed by atoms with van der Waals surface area (Å²) in [6.07, 6.45) is 0. The third-order valence-corrected chi connectivity index (χ3v) is 6.16. The summed E-state index contributed by atoms with van der Waals surface area (Å²) >= 11 is 12.9. The molecule has 0 atom stereocenters. The van der Waals surface area contributed by atoms with E-state index in [0.717, 1.165) is 10.5 Å². The highest BCUT2D eigenvalue weighted by Gasteiger charge is 2.23. The predicted octanol–water partition coefficient (Wildman–Crippen LogP) is 7.22. The number of benzene rings is 3. The van der Waals surface area contributed by atoms with Gasteiger partial charge in [-0.3, -0.25) is 14.5 Å². The lowest BCUT2D eigenvalue weighted by molar-refractivity contribution is -0.135. The molecule has 6 nitrogen and oxygen atoms in total. The van der Waals surface area contributed by atoms with Crippen LogP contribution in [0.1, 0.15) is 35.7 Å². The van der Waals surface area contributed by atoms with Gasteiger partial charge in [0.1, 0.15) is 18.0 Å². The molecule has 0 aliphatic carbocycles. The number of halogens is 3. The number of nitrogens with zero attached hydrogens (tertiary/aromatic N) is 1. The average Bonchev–Trinajstić information content (AvgIpc) is 2.74. The molecule has 0 aliphatic rings. The van der Waals surface area contributed by atoms with Crippen molar-refractivity contribution in [2.45, 2.75) is 19.8 Å². The van der Waals surface area contributed by atoms with Gasteiger partial charge in [0.2, 0.25) is 0 Å². The summed E-state index contributed by atoms with van der Waals surface area (Å²) in [5.74, 6) is -0.428. The van der Waals surface area contributed by atoms with Crippen molar-refractivity contribution in [1.29, 1.82) is 0 Å². The first-order chi connectivity index (χ1) is 15.6. The molecule has 0 saturated heterocycles. The zero-order chi connectivity index (χ0) is 24.3. The lowest BCUT2D eigenvalue weighted by Gasteiger charge is -2.23. The number of carboxylic acids is 1. The number of hydrogen-bond donors (Lipinski definition) is 2. The van der Waals surface area contributed by atoms with Crippen molar-refractivity contribution in [1.82, 2.24) is 0 Å². The van der Waals surface area contributed by atoms with E-state index in [1.165, 1.54) is 6.07 Å². The van der Waals surface area contributed by atoms with E-state index in [2.05, 4.69) is 31.9 Å². The van der Waals surface area contributed by atoms with Crippen LogP contribution in [0, 0.1) is 0 Å². The molecule has 0 unspecified atom stereocenters. The number of aliphatic carboxylic acids is 1. The van der Waals surface area contributed by atoms with Gasteiger partial charge in [0.05, 0.1) is 8.95 Å². The number of amides is 1. The zero-order valence-electron chi connectivity index (χ0n) is 17.7. The fourth-order valence-corrected chi connectivity index (χ4v) is 4.68. The second-order valence-corrected chi connectivity index (χ2v) is 9.66. The second-order valence-electron chi connectivity index (χ2n) is 7.51. The van der Waals surface area contributed by atoms with Gasteiger partial charge >= 0.3 is 5.97 Å². The van der Waals surface area contributed by atoms with Crippen LogP contribution in [-0.4, -0.2) is 28.6 Å². The van der Waals surface area contributed by atoms with Gasteiger partial charge in [-0.05, 0) is 86.3 Å². The molecule has 0 aliphatic heterocycles. The minimum atomic E-state index is -1.16. The first-order valence-corrected chi connectivity index (χ1v) is 11.8. The second kappa shape index (κ2) is 10.6. The summed E-state index contributed by atoms with van der Waals surface area (Å²) in [4.78, 5) is 25.7. The smallest absolute Gasteiger partial charge is 0.323 e. The van der Waals surface area contributed by atoms with E-state index in [1.54, 1.807) is 48.5 Å². The zero-order valence-corrected chi connectivity index (χ0v) is 21.6. The van der Waals surface area contributed by atoms with Crippen molar-refractivity contribution in [3.63, 3.8) is 0 Å². The molecule has 0 radical (unpaired) electrons. The monoisotopic (exact) mass is 595 g/mol. The van der Waals surface area contributed by atoms with E-state index in [4.69, 9.17) is 16.3 Å². The number of phenolic OH excluding ortho intramolecular Hbond substituents is 1. The molecule has 1 amide bonds. The summed E-state index contributed by atoms with van der Waals surface area (Å²) in [5.41, 5.74) is 1.36. The van der Waals surface area contributed by atoms with Crippen LogP contribution in [0.15, 0.2) is 63.5 Å². The Labute approximate surface area is 213 Å². The average molecular weight is 598 g/mol. The van der Waals surface area contributed by atoms with E-state index in [-0.39, 0.29) is 17.2 Å². The maximum absolute atomic E-state index is 13.1. The number of aromatic hydroxyl groups is 1. The summed E-state index contributed by atoms with van der Waals surface area (Å²) in [7, 11) is 0. The first-order valence-electron chi connectivity index (χ1n) is 9.86. The molecule has 0 bridgehead atoms. The van der Waals surface area contributed by atoms with Crippen LogP contribution in [0.2, 0.25) is 5.02 Å². The van der Waals surface area contributed by atoms with Crippen LogP contribution in [-0.2, 0) is 4.79 Å². The van der Waals surface area contributed by atoms with Gasteiger partial charge < -0.3 is 14.9 Å². The Morgan fingerprint density at radius 1 is 1.06 bits per heavy atom. The quantitative estimate of drug-likeness (QED) is 0.300. The summed E-state index contributed by atoms with van der Waals surface area (Å²) in [6.45, 7) is 3.39. The number of anilines is 1. The third-order valence-electron chi connectivity index (χ3n) is 4.75. The Balaban J connectivity index is 1.97. The number of carbonyl (C=O) groups excluding carboxylic acids is 1. The Morgan fingerprint density at radius 2 is 1.73 bits per heavy atom. The Hall–Kier alpha value is -2.55. The number of hydrogen-bond acceptors (Lipinski definition) is 4. The van der Waals surface area contributed by atoms with Crippen molar-refractivity contribution >= 4 is 61.0 Å².